The minimum absolute atomic E-state index is 0.0220. The van der Waals surface area contributed by atoms with Gasteiger partial charge in [0.15, 0.2) is 0 Å². The molecule has 0 spiro atoms. The fourth-order valence-corrected chi connectivity index (χ4v) is 3.39. The maximum atomic E-state index is 12.2. The third-order valence-corrected chi connectivity index (χ3v) is 4.88. The first kappa shape index (κ1) is 20.3. The van der Waals surface area contributed by atoms with Gasteiger partial charge in [0.25, 0.3) is 5.91 Å². The van der Waals surface area contributed by atoms with Gasteiger partial charge < -0.3 is 15.1 Å². The molecule has 2 amide bonds. The van der Waals surface area contributed by atoms with E-state index in [0.717, 1.165) is 43.7 Å². The van der Waals surface area contributed by atoms with Crippen molar-refractivity contribution in [2.75, 3.05) is 39.0 Å². The number of rotatable bonds is 6. The molecule has 0 unspecified atom stereocenters. The van der Waals surface area contributed by atoms with Crippen molar-refractivity contribution in [2.45, 2.75) is 40.0 Å². The van der Waals surface area contributed by atoms with Gasteiger partial charge in [0.05, 0.1) is 0 Å². The van der Waals surface area contributed by atoms with E-state index in [1.54, 1.807) is 19.0 Å². The number of nitrogens with one attached hydrogen (secondary N) is 1. The molecule has 1 heterocycles. The summed E-state index contributed by atoms with van der Waals surface area (Å²) < 4.78 is 0. The summed E-state index contributed by atoms with van der Waals surface area (Å²) in [5, 5.41) is 3.49. The SMILES string of the molecule is Cc1cc(NCC2CCN(C(=O)CC(C)C)CC2)cc(C(=O)N(C)C)c1. The molecule has 1 aromatic rings. The van der Waals surface area contributed by atoms with Crippen molar-refractivity contribution in [1.82, 2.24) is 9.80 Å². The lowest BCUT2D eigenvalue weighted by atomic mass is 9.96. The smallest absolute Gasteiger partial charge is 0.253 e. The maximum absolute atomic E-state index is 12.2. The van der Waals surface area contributed by atoms with Crippen LogP contribution in [0.2, 0.25) is 0 Å². The summed E-state index contributed by atoms with van der Waals surface area (Å²) in [6.45, 7) is 8.78. The average Bonchev–Trinajstić information content (AvgIpc) is 2.58. The van der Waals surface area contributed by atoms with Crippen LogP contribution in [0.5, 0.6) is 0 Å². The Morgan fingerprint density at radius 3 is 2.42 bits per heavy atom. The number of nitrogens with zero attached hydrogens (tertiary/aromatic N) is 2. The zero-order valence-corrected chi connectivity index (χ0v) is 16.8. The van der Waals surface area contributed by atoms with E-state index in [1.807, 2.05) is 24.0 Å². The first-order valence-electron chi connectivity index (χ1n) is 9.61. The molecule has 5 nitrogen and oxygen atoms in total. The molecule has 144 valence electrons. The van der Waals surface area contributed by atoms with E-state index < -0.39 is 0 Å². The number of carbonyl (C=O) groups excluding carboxylic acids is 2. The first-order valence-corrected chi connectivity index (χ1v) is 9.61. The highest BCUT2D eigenvalue weighted by Crippen LogP contribution is 2.21. The Labute approximate surface area is 157 Å². The van der Waals surface area contributed by atoms with Gasteiger partial charge in [0, 0.05) is 51.4 Å². The Kier molecular flexibility index (Phi) is 7.06. The van der Waals surface area contributed by atoms with E-state index in [1.165, 1.54) is 0 Å². The van der Waals surface area contributed by atoms with Crippen LogP contribution in [0.4, 0.5) is 5.69 Å². The Balaban J connectivity index is 1.87. The van der Waals surface area contributed by atoms with Gasteiger partial charge in [-0.1, -0.05) is 13.8 Å². The highest BCUT2D eigenvalue weighted by molar-refractivity contribution is 5.95. The average molecular weight is 360 g/mol. The van der Waals surface area contributed by atoms with Crippen LogP contribution in [0.15, 0.2) is 18.2 Å². The third kappa shape index (κ3) is 5.75. The Hall–Kier alpha value is -2.04. The van der Waals surface area contributed by atoms with Crippen molar-refractivity contribution < 1.29 is 9.59 Å². The summed E-state index contributed by atoms with van der Waals surface area (Å²) in [6, 6.07) is 5.93. The second-order valence-corrected chi connectivity index (χ2v) is 8.09. The third-order valence-electron chi connectivity index (χ3n) is 4.88. The normalized spacial score (nSPS) is 15.2. The topological polar surface area (TPSA) is 52.7 Å². The van der Waals surface area contributed by atoms with Crippen LogP contribution >= 0.6 is 0 Å². The number of piperidine rings is 1. The van der Waals surface area contributed by atoms with Crippen molar-refractivity contribution in [3.05, 3.63) is 29.3 Å². The summed E-state index contributed by atoms with van der Waals surface area (Å²) in [4.78, 5) is 28.0. The molecule has 2 rings (SSSR count). The number of hydrogen-bond acceptors (Lipinski definition) is 3. The summed E-state index contributed by atoms with van der Waals surface area (Å²) >= 11 is 0. The molecular formula is C21H33N3O2. The molecule has 26 heavy (non-hydrogen) atoms. The number of anilines is 1. The monoisotopic (exact) mass is 359 g/mol. The molecule has 0 radical (unpaired) electrons. The fourth-order valence-electron chi connectivity index (χ4n) is 3.39. The zero-order valence-electron chi connectivity index (χ0n) is 16.8. The molecule has 1 fully saturated rings. The van der Waals surface area contributed by atoms with E-state index in [0.29, 0.717) is 23.8 Å². The summed E-state index contributed by atoms with van der Waals surface area (Å²) in [5.41, 5.74) is 2.79. The molecule has 1 aliphatic heterocycles. The molecule has 5 heteroatoms. The predicted octanol–water partition coefficient (Wildman–Crippen LogP) is 3.39. The van der Waals surface area contributed by atoms with Crippen molar-refractivity contribution >= 4 is 17.5 Å². The highest BCUT2D eigenvalue weighted by Gasteiger charge is 2.23. The molecule has 0 bridgehead atoms. The number of benzene rings is 1. The van der Waals surface area contributed by atoms with Gasteiger partial charge in [-0.2, -0.15) is 0 Å². The number of hydrogen-bond donors (Lipinski definition) is 1. The number of carbonyl (C=O) groups is 2. The van der Waals surface area contributed by atoms with Crippen molar-refractivity contribution in [1.29, 1.82) is 0 Å². The molecule has 1 aromatic carbocycles. The largest absolute Gasteiger partial charge is 0.385 e. The van der Waals surface area contributed by atoms with Crippen LogP contribution in [0.25, 0.3) is 0 Å². The molecule has 0 aromatic heterocycles. The summed E-state index contributed by atoms with van der Waals surface area (Å²) in [5.74, 6) is 1.29. The molecule has 1 saturated heterocycles. The summed E-state index contributed by atoms with van der Waals surface area (Å²) in [7, 11) is 3.54. The minimum Gasteiger partial charge on any atom is -0.385 e. The van der Waals surface area contributed by atoms with Gasteiger partial charge in [0.2, 0.25) is 5.91 Å². The Morgan fingerprint density at radius 1 is 1.19 bits per heavy atom. The van der Waals surface area contributed by atoms with Gasteiger partial charge in [-0.3, -0.25) is 9.59 Å². The second-order valence-electron chi connectivity index (χ2n) is 8.09. The Bertz CT molecular complexity index is 632. The standard InChI is InChI=1S/C21H33N3O2/c1-15(2)10-20(25)24-8-6-17(7-9-24)14-22-19-12-16(3)11-18(13-19)21(26)23(4)5/h11-13,15,17,22H,6-10,14H2,1-5H3. The van der Waals surface area contributed by atoms with E-state index in [2.05, 4.69) is 25.2 Å². The highest BCUT2D eigenvalue weighted by atomic mass is 16.2. The molecule has 0 aliphatic carbocycles. The van der Waals surface area contributed by atoms with Crippen LogP contribution in [0.1, 0.15) is 49.0 Å². The second kappa shape index (κ2) is 9.06. The molecule has 1 aliphatic rings. The lowest BCUT2D eigenvalue weighted by Gasteiger charge is -2.32. The van der Waals surface area contributed by atoms with Gasteiger partial charge >= 0.3 is 0 Å². The van der Waals surface area contributed by atoms with Gasteiger partial charge in [-0.15, -0.1) is 0 Å². The fraction of sp³-hybridized carbons (Fsp3) is 0.619. The first-order chi connectivity index (χ1) is 12.3. The quantitative estimate of drug-likeness (QED) is 0.847. The number of aryl methyl sites for hydroxylation is 1. The lowest BCUT2D eigenvalue weighted by molar-refractivity contribution is -0.133. The van der Waals surface area contributed by atoms with Crippen molar-refractivity contribution in [3.63, 3.8) is 0 Å². The van der Waals surface area contributed by atoms with Crippen LogP contribution in [-0.4, -0.2) is 55.3 Å². The predicted molar refractivity (Wildman–Crippen MR) is 106 cm³/mol. The van der Waals surface area contributed by atoms with Crippen LogP contribution in [-0.2, 0) is 4.79 Å². The zero-order chi connectivity index (χ0) is 19.3. The summed E-state index contributed by atoms with van der Waals surface area (Å²) in [6.07, 6.45) is 2.72. The van der Waals surface area contributed by atoms with Gasteiger partial charge in [0.1, 0.15) is 0 Å². The van der Waals surface area contributed by atoms with Crippen LogP contribution < -0.4 is 5.32 Å². The molecule has 0 atom stereocenters. The Morgan fingerprint density at radius 2 is 1.85 bits per heavy atom. The van der Waals surface area contributed by atoms with Crippen molar-refractivity contribution in [2.24, 2.45) is 11.8 Å². The molecule has 1 N–H and O–H groups in total. The van der Waals surface area contributed by atoms with Crippen LogP contribution in [0.3, 0.4) is 0 Å². The van der Waals surface area contributed by atoms with E-state index in [4.69, 9.17) is 0 Å². The maximum Gasteiger partial charge on any atom is 0.253 e. The van der Waals surface area contributed by atoms with Crippen LogP contribution in [0, 0.1) is 18.8 Å². The van der Waals surface area contributed by atoms with Gasteiger partial charge in [-0.25, -0.2) is 0 Å². The van der Waals surface area contributed by atoms with E-state index in [-0.39, 0.29) is 11.8 Å². The minimum atomic E-state index is 0.0220. The van der Waals surface area contributed by atoms with E-state index >= 15 is 0 Å². The van der Waals surface area contributed by atoms with Gasteiger partial charge in [-0.05, 0) is 55.4 Å². The number of likely N-dealkylation sites (tertiary alicyclic amines) is 1. The number of amides is 2. The molecular weight excluding hydrogens is 326 g/mol. The van der Waals surface area contributed by atoms with E-state index in [9.17, 15) is 9.59 Å². The van der Waals surface area contributed by atoms with Crippen molar-refractivity contribution in [3.8, 4) is 0 Å². The lowest BCUT2D eigenvalue weighted by Crippen LogP contribution is -2.40. The molecule has 0 saturated carbocycles.